The van der Waals surface area contributed by atoms with Crippen LogP contribution in [-0.4, -0.2) is 35.6 Å². The van der Waals surface area contributed by atoms with Gasteiger partial charge in [0.2, 0.25) is 0 Å². The van der Waals surface area contributed by atoms with Crippen LogP contribution in [0.1, 0.15) is 65.7 Å². The van der Waals surface area contributed by atoms with Crippen LogP contribution in [-0.2, 0) is 14.2 Å². The molecule has 9 unspecified atom stereocenters. The van der Waals surface area contributed by atoms with E-state index in [0.717, 1.165) is 18.4 Å². The molecule has 128 valence electrons. The van der Waals surface area contributed by atoms with Gasteiger partial charge < -0.3 is 14.2 Å². The average Bonchev–Trinajstić information content (AvgIpc) is 3.39. The molecule has 0 radical (unpaired) electrons. The van der Waals surface area contributed by atoms with Gasteiger partial charge in [-0.15, -0.1) is 0 Å². The van der Waals surface area contributed by atoms with Crippen LogP contribution >= 0.6 is 0 Å². The van der Waals surface area contributed by atoms with Crippen molar-refractivity contribution in [1.29, 1.82) is 0 Å². The van der Waals surface area contributed by atoms with E-state index in [-0.39, 0.29) is 16.8 Å². The largest absolute Gasteiger partial charge is 0.371 e. The molecule has 3 heteroatoms. The fourth-order valence-electron chi connectivity index (χ4n) is 6.91. The van der Waals surface area contributed by atoms with Crippen molar-refractivity contribution in [1.82, 2.24) is 0 Å². The van der Waals surface area contributed by atoms with Crippen molar-refractivity contribution in [3.63, 3.8) is 0 Å². The van der Waals surface area contributed by atoms with Crippen LogP contribution < -0.4 is 0 Å². The van der Waals surface area contributed by atoms with Crippen molar-refractivity contribution in [3.05, 3.63) is 0 Å². The van der Waals surface area contributed by atoms with E-state index < -0.39 is 0 Å². The Hall–Kier alpha value is -0.120. The summed E-state index contributed by atoms with van der Waals surface area (Å²) in [5.74, 6) is 2.51. The maximum absolute atomic E-state index is 6.18. The Morgan fingerprint density at radius 1 is 0.957 bits per heavy atom. The van der Waals surface area contributed by atoms with E-state index >= 15 is 0 Å². The molecule has 4 saturated heterocycles. The Bertz CT molecular complexity index is 558. The highest BCUT2D eigenvalue weighted by atomic mass is 16.6. The normalized spacial score (nSPS) is 67.7. The maximum atomic E-state index is 6.18. The molecule has 0 aromatic heterocycles. The molecule has 4 heterocycles. The third-order valence-corrected chi connectivity index (χ3v) is 8.98. The smallest absolute Gasteiger partial charge is 0.0969 e. The van der Waals surface area contributed by atoms with Gasteiger partial charge in [0.05, 0.1) is 35.6 Å². The van der Waals surface area contributed by atoms with Crippen LogP contribution in [0.4, 0.5) is 0 Å². The second kappa shape index (κ2) is 3.83. The summed E-state index contributed by atoms with van der Waals surface area (Å²) in [6, 6.07) is 0. The van der Waals surface area contributed by atoms with E-state index in [2.05, 4.69) is 20.8 Å². The van der Waals surface area contributed by atoms with E-state index in [4.69, 9.17) is 14.2 Å². The highest BCUT2D eigenvalue weighted by Crippen LogP contribution is 2.73. The maximum Gasteiger partial charge on any atom is 0.0969 e. The van der Waals surface area contributed by atoms with Crippen molar-refractivity contribution in [2.75, 3.05) is 6.61 Å². The molecule has 3 saturated carbocycles. The van der Waals surface area contributed by atoms with E-state index in [1.807, 2.05) is 0 Å². The second-order valence-corrected chi connectivity index (χ2v) is 10.4. The van der Waals surface area contributed by atoms with Gasteiger partial charge in [0.25, 0.3) is 0 Å². The molecule has 3 aliphatic carbocycles. The van der Waals surface area contributed by atoms with Gasteiger partial charge in [-0.2, -0.15) is 0 Å². The van der Waals surface area contributed by atoms with Crippen LogP contribution in [0.5, 0.6) is 0 Å². The van der Waals surface area contributed by atoms with Crippen molar-refractivity contribution < 1.29 is 14.2 Å². The summed E-state index contributed by atoms with van der Waals surface area (Å²) in [5, 5.41) is 0. The third kappa shape index (κ3) is 1.77. The van der Waals surface area contributed by atoms with E-state index in [0.29, 0.717) is 23.5 Å². The van der Waals surface area contributed by atoms with Crippen LogP contribution in [0.3, 0.4) is 0 Å². The molecule has 0 N–H and O–H groups in total. The number of hydrogen-bond acceptors (Lipinski definition) is 3. The number of fused-ring (bicyclic) bond motifs is 4. The minimum absolute atomic E-state index is 0.185. The Balaban J connectivity index is 1.12. The predicted octanol–water partition coefficient (Wildman–Crippen LogP) is 3.70. The summed E-state index contributed by atoms with van der Waals surface area (Å²) in [6.45, 7) is 8.14. The summed E-state index contributed by atoms with van der Waals surface area (Å²) in [4.78, 5) is 0. The molecule has 4 aliphatic heterocycles. The molecule has 0 aromatic rings. The summed E-state index contributed by atoms with van der Waals surface area (Å²) < 4.78 is 18.2. The number of epoxide rings is 2. The Morgan fingerprint density at radius 3 is 2.35 bits per heavy atom. The summed E-state index contributed by atoms with van der Waals surface area (Å²) in [6.07, 6.45) is 10.1. The van der Waals surface area contributed by atoms with Crippen LogP contribution in [0.15, 0.2) is 0 Å². The molecule has 0 aromatic carbocycles. The first-order chi connectivity index (χ1) is 10.9. The average molecular weight is 318 g/mol. The third-order valence-electron chi connectivity index (χ3n) is 8.98. The zero-order valence-corrected chi connectivity index (χ0v) is 14.8. The summed E-state index contributed by atoms with van der Waals surface area (Å²) >= 11 is 0. The Kier molecular flexibility index (Phi) is 2.35. The van der Waals surface area contributed by atoms with Gasteiger partial charge >= 0.3 is 0 Å². The molecule has 9 atom stereocenters. The van der Waals surface area contributed by atoms with Crippen molar-refractivity contribution >= 4 is 0 Å². The van der Waals surface area contributed by atoms with Gasteiger partial charge in [0.1, 0.15) is 0 Å². The van der Waals surface area contributed by atoms with Gasteiger partial charge in [-0.05, 0) is 69.6 Å². The first-order valence-electron chi connectivity index (χ1n) is 9.86. The molecule has 7 rings (SSSR count). The van der Waals surface area contributed by atoms with Crippen molar-refractivity contribution in [3.8, 4) is 0 Å². The fourth-order valence-corrected chi connectivity index (χ4v) is 6.91. The topological polar surface area (TPSA) is 34.3 Å². The lowest BCUT2D eigenvalue weighted by molar-refractivity contribution is -0.258. The molecule has 7 fully saturated rings. The fraction of sp³-hybridized carbons (Fsp3) is 1.00. The van der Waals surface area contributed by atoms with Crippen LogP contribution in [0, 0.1) is 23.2 Å². The molecular weight excluding hydrogens is 288 g/mol. The monoisotopic (exact) mass is 318 g/mol. The molecule has 0 spiro atoms. The van der Waals surface area contributed by atoms with E-state index in [1.54, 1.807) is 0 Å². The van der Waals surface area contributed by atoms with Gasteiger partial charge in [0.15, 0.2) is 0 Å². The second-order valence-electron chi connectivity index (χ2n) is 10.4. The number of hydrogen-bond donors (Lipinski definition) is 0. The SMILES string of the molecule is CC12CCC(C3(CCC4(C)C5CC6OC6(C)CC54)CO3)C(C1)O2. The molecule has 7 aliphatic rings. The van der Waals surface area contributed by atoms with Gasteiger partial charge in [-0.1, -0.05) is 6.92 Å². The molecule has 3 nitrogen and oxygen atoms in total. The van der Waals surface area contributed by atoms with Gasteiger partial charge in [-0.25, -0.2) is 0 Å². The summed E-state index contributed by atoms with van der Waals surface area (Å²) in [7, 11) is 0. The van der Waals surface area contributed by atoms with Gasteiger partial charge in [0, 0.05) is 12.3 Å². The highest BCUT2D eigenvalue weighted by molar-refractivity contribution is 5.21. The lowest BCUT2D eigenvalue weighted by Gasteiger charge is -2.55. The predicted molar refractivity (Wildman–Crippen MR) is 86.1 cm³/mol. The van der Waals surface area contributed by atoms with Crippen molar-refractivity contribution in [2.45, 2.75) is 94.7 Å². The van der Waals surface area contributed by atoms with E-state index in [1.165, 1.54) is 44.9 Å². The Morgan fingerprint density at radius 2 is 1.74 bits per heavy atom. The molecular formula is C20H30O3. The highest BCUT2D eigenvalue weighted by Gasteiger charge is 2.72. The standard InChI is InChI=1S/C20H30O3/c1-17-5-4-12(15(10-17)22-17)20(11-21-20)7-6-18(2)13-8-16-19(3,23-16)9-14(13)18/h12-16H,4-11H2,1-3H3. The number of rotatable bonds is 4. The molecule has 23 heavy (non-hydrogen) atoms. The van der Waals surface area contributed by atoms with Crippen LogP contribution in [0.25, 0.3) is 0 Å². The Labute approximate surface area is 139 Å². The van der Waals surface area contributed by atoms with Crippen molar-refractivity contribution in [2.24, 2.45) is 23.2 Å². The first-order valence-corrected chi connectivity index (χ1v) is 9.86. The minimum Gasteiger partial charge on any atom is -0.371 e. The zero-order valence-electron chi connectivity index (χ0n) is 14.8. The minimum atomic E-state index is 0.185. The lowest BCUT2D eigenvalue weighted by Crippen LogP contribution is -2.59. The van der Waals surface area contributed by atoms with Crippen LogP contribution in [0.2, 0.25) is 0 Å². The number of ether oxygens (including phenoxy) is 3. The molecule has 2 bridgehead atoms. The lowest BCUT2D eigenvalue weighted by atomic mass is 9.66. The zero-order chi connectivity index (χ0) is 15.7. The first kappa shape index (κ1) is 14.1. The molecule has 0 amide bonds. The quantitative estimate of drug-likeness (QED) is 0.741. The summed E-state index contributed by atoms with van der Waals surface area (Å²) in [5.41, 5.74) is 1.22. The van der Waals surface area contributed by atoms with Gasteiger partial charge in [-0.3, -0.25) is 0 Å². The van der Waals surface area contributed by atoms with E-state index in [9.17, 15) is 0 Å².